The van der Waals surface area contributed by atoms with Gasteiger partial charge in [0.05, 0.1) is 22.0 Å². The van der Waals surface area contributed by atoms with Crippen LogP contribution in [0, 0.1) is 5.82 Å². The highest BCUT2D eigenvalue weighted by atomic mass is 35.5. The van der Waals surface area contributed by atoms with E-state index in [4.69, 9.17) is 23.2 Å². The van der Waals surface area contributed by atoms with Crippen molar-refractivity contribution in [1.82, 2.24) is 10.2 Å². The van der Waals surface area contributed by atoms with E-state index in [1.807, 2.05) is 30.3 Å². The molecule has 3 aromatic carbocycles. The Morgan fingerprint density at radius 1 is 0.947 bits per heavy atom. The lowest BCUT2D eigenvalue weighted by atomic mass is 10.0. The SMILES string of the molecule is CCNC(=O)C(Cc1ccccc1)N(Cc1ccc(F)cc1)C(=O)CN(c1cccc(Cl)c1Cl)S(C)(=O)=O. The third kappa shape index (κ3) is 7.69. The first-order valence-corrected chi connectivity index (χ1v) is 14.4. The van der Waals surface area contributed by atoms with E-state index in [0.29, 0.717) is 12.1 Å². The van der Waals surface area contributed by atoms with Gasteiger partial charge in [0.2, 0.25) is 21.8 Å². The van der Waals surface area contributed by atoms with Crippen molar-refractivity contribution >= 4 is 50.7 Å². The van der Waals surface area contributed by atoms with E-state index in [2.05, 4.69) is 5.32 Å². The van der Waals surface area contributed by atoms with Crippen molar-refractivity contribution in [2.75, 3.05) is 23.7 Å². The number of nitrogens with zero attached hydrogens (tertiary/aromatic N) is 2. The molecule has 0 radical (unpaired) electrons. The molecule has 1 unspecified atom stereocenters. The molecule has 0 aliphatic carbocycles. The second kappa shape index (κ2) is 13.1. The Morgan fingerprint density at radius 3 is 2.21 bits per heavy atom. The Kier molecular flexibility index (Phi) is 10.1. The number of rotatable bonds is 11. The number of carbonyl (C=O) groups excluding carboxylic acids is 2. The van der Waals surface area contributed by atoms with Gasteiger partial charge in [0.1, 0.15) is 18.4 Å². The van der Waals surface area contributed by atoms with Gasteiger partial charge in [-0.1, -0.05) is 71.7 Å². The number of benzene rings is 3. The minimum absolute atomic E-state index is 0.0259. The molecule has 0 saturated carbocycles. The van der Waals surface area contributed by atoms with Crippen LogP contribution in [0.15, 0.2) is 72.8 Å². The lowest BCUT2D eigenvalue weighted by Gasteiger charge is -2.33. The third-order valence-corrected chi connectivity index (χ3v) is 7.70. The van der Waals surface area contributed by atoms with Crippen LogP contribution in [0.4, 0.5) is 10.1 Å². The highest BCUT2D eigenvalue weighted by Gasteiger charge is 2.33. The summed E-state index contributed by atoms with van der Waals surface area (Å²) in [4.78, 5) is 28.4. The number of hydrogen-bond donors (Lipinski definition) is 1. The molecule has 1 N–H and O–H groups in total. The van der Waals surface area contributed by atoms with E-state index >= 15 is 0 Å². The van der Waals surface area contributed by atoms with E-state index in [0.717, 1.165) is 16.1 Å². The van der Waals surface area contributed by atoms with E-state index < -0.39 is 40.2 Å². The van der Waals surface area contributed by atoms with Gasteiger partial charge in [-0.15, -0.1) is 0 Å². The molecule has 38 heavy (non-hydrogen) atoms. The third-order valence-electron chi connectivity index (χ3n) is 5.77. The standard InChI is InChI=1S/C27H28Cl2FN3O4S/c1-3-31-27(35)24(16-19-8-5-4-6-9-19)32(17-20-12-14-21(30)15-13-20)25(34)18-33(38(2,36)37)23-11-7-10-22(28)26(23)29/h4-15,24H,3,16-18H2,1-2H3,(H,31,35). The number of amides is 2. The maximum absolute atomic E-state index is 13.9. The van der Waals surface area contributed by atoms with Crippen LogP contribution in [0.1, 0.15) is 18.1 Å². The molecular weight excluding hydrogens is 552 g/mol. The van der Waals surface area contributed by atoms with E-state index in [-0.39, 0.29) is 28.7 Å². The number of anilines is 1. The first kappa shape index (κ1) is 29.4. The normalized spacial score (nSPS) is 12.0. The van der Waals surface area contributed by atoms with Crippen LogP contribution in [0.25, 0.3) is 0 Å². The molecule has 0 aliphatic heterocycles. The van der Waals surface area contributed by atoms with E-state index in [1.54, 1.807) is 6.92 Å². The first-order valence-electron chi connectivity index (χ1n) is 11.8. The Labute approximate surface area is 232 Å². The second-order valence-corrected chi connectivity index (χ2v) is 11.3. The summed E-state index contributed by atoms with van der Waals surface area (Å²) in [7, 11) is -3.99. The van der Waals surface area contributed by atoms with E-state index in [1.165, 1.54) is 47.4 Å². The van der Waals surface area contributed by atoms with Gasteiger partial charge in [-0.3, -0.25) is 13.9 Å². The van der Waals surface area contributed by atoms with Gasteiger partial charge in [0.15, 0.2) is 0 Å². The van der Waals surface area contributed by atoms with Crippen molar-refractivity contribution < 1.29 is 22.4 Å². The van der Waals surface area contributed by atoms with Crippen molar-refractivity contribution in [1.29, 1.82) is 0 Å². The van der Waals surface area contributed by atoms with Gasteiger partial charge >= 0.3 is 0 Å². The van der Waals surface area contributed by atoms with Crippen molar-refractivity contribution in [3.05, 3.63) is 99.8 Å². The molecule has 3 rings (SSSR count). The van der Waals surface area contributed by atoms with Crippen molar-refractivity contribution in [2.24, 2.45) is 0 Å². The summed E-state index contributed by atoms with van der Waals surface area (Å²) in [5.74, 6) is -1.50. The molecule has 2 amide bonds. The molecule has 3 aromatic rings. The molecule has 0 fully saturated rings. The quantitative estimate of drug-likeness (QED) is 0.357. The second-order valence-electron chi connectivity index (χ2n) is 8.59. The minimum atomic E-state index is -3.99. The van der Waals surface area contributed by atoms with Crippen LogP contribution in [0.5, 0.6) is 0 Å². The highest BCUT2D eigenvalue weighted by Crippen LogP contribution is 2.33. The number of carbonyl (C=O) groups is 2. The molecule has 11 heteroatoms. The molecule has 0 heterocycles. The van der Waals surface area contributed by atoms with Crippen LogP contribution in [-0.4, -0.2) is 50.5 Å². The van der Waals surface area contributed by atoms with Crippen LogP contribution >= 0.6 is 23.2 Å². The molecule has 202 valence electrons. The smallest absolute Gasteiger partial charge is 0.244 e. The molecule has 0 aliphatic rings. The molecular formula is C27H28Cl2FN3O4S. The van der Waals surface area contributed by atoms with Gasteiger partial charge in [0, 0.05) is 19.5 Å². The molecule has 7 nitrogen and oxygen atoms in total. The number of likely N-dealkylation sites (N-methyl/N-ethyl adjacent to an activating group) is 1. The van der Waals surface area contributed by atoms with Gasteiger partial charge in [-0.2, -0.15) is 0 Å². The lowest BCUT2D eigenvalue weighted by molar-refractivity contribution is -0.140. The largest absolute Gasteiger partial charge is 0.355 e. The van der Waals surface area contributed by atoms with E-state index in [9.17, 15) is 22.4 Å². The summed E-state index contributed by atoms with van der Waals surface area (Å²) >= 11 is 12.4. The summed E-state index contributed by atoms with van der Waals surface area (Å²) in [5.41, 5.74) is 1.40. The minimum Gasteiger partial charge on any atom is -0.355 e. The molecule has 0 spiro atoms. The predicted molar refractivity (Wildman–Crippen MR) is 148 cm³/mol. The van der Waals surface area contributed by atoms with Crippen LogP contribution in [0.3, 0.4) is 0 Å². The number of hydrogen-bond acceptors (Lipinski definition) is 4. The zero-order valence-corrected chi connectivity index (χ0v) is 23.2. The van der Waals surface area contributed by atoms with Crippen LogP contribution in [-0.2, 0) is 32.6 Å². The number of halogens is 3. The first-order chi connectivity index (χ1) is 18.0. The molecule has 0 saturated heterocycles. The fourth-order valence-corrected chi connectivity index (χ4v) is 5.21. The monoisotopic (exact) mass is 579 g/mol. The van der Waals surface area contributed by atoms with Gasteiger partial charge in [-0.25, -0.2) is 12.8 Å². The van der Waals surface area contributed by atoms with Gasteiger partial charge < -0.3 is 10.2 Å². The Hall–Kier alpha value is -3.14. The average Bonchev–Trinajstić information content (AvgIpc) is 2.87. The van der Waals surface area contributed by atoms with Crippen molar-refractivity contribution in [2.45, 2.75) is 25.9 Å². The maximum Gasteiger partial charge on any atom is 0.244 e. The van der Waals surface area contributed by atoms with Crippen molar-refractivity contribution in [3.63, 3.8) is 0 Å². The summed E-state index contributed by atoms with van der Waals surface area (Å²) in [6.45, 7) is 1.39. The maximum atomic E-state index is 13.9. The topological polar surface area (TPSA) is 86.8 Å². The summed E-state index contributed by atoms with van der Waals surface area (Å²) in [6, 6.07) is 18.2. The van der Waals surface area contributed by atoms with Gasteiger partial charge in [-0.05, 0) is 42.3 Å². The lowest BCUT2D eigenvalue weighted by Crippen LogP contribution is -2.53. The number of nitrogens with one attached hydrogen (secondary N) is 1. The Morgan fingerprint density at radius 2 is 1.61 bits per heavy atom. The predicted octanol–water partition coefficient (Wildman–Crippen LogP) is 4.67. The Balaban J connectivity index is 2.06. The summed E-state index contributed by atoms with van der Waals surface area (Å²) < 4.78 is 40.0. The zero-order valence-electron chi connectivity index (χ0n) is 20.9. The fourth-order valence-electron chi connectivity index (χ4n) is 3.91. The molecule has 0 bridgehead atoms. The number of sulfonamides is 1. The van der Waals surface area contributed by atoms with Crippen LogP contribution < -0.4 is 9.62 Å². The Bertz CT molecular complexity index is 1370. The average molecular weight is 581 g/mol. The van der Waals surface area contributed by atoms with Crippen LogP contribution in [0.2, 0.25) is 10.0 Å². The summed E-state index contributed by atoms with van der Waals surface area (Å²) in [6.07, 6.45) is 1.13. The highest BCUT2D eigenvalue weighted by molar-refractivity contribution is 7.92. The molecule has 1 atom stereocenters. The zero-order chi connectivity index (χ0) is 27.9. The van der Waals surface area contributed by atoms with Crippen molar-refractivity contribution in [3.8, 4) is 0 Å². The van der Waals surface area contributed by atoms with Gasteiger partial charge in [0.25, 0.3) is 0 Å². The fraction of sp³-hybridized carbons (Fsp3) is 0.259. The molecule has 0 aromatic heterocycles. The summed E-state index contributed by atoms with van der Waals surface area (Å²) in [5, 5.41) is 2.86.